The summed E-state index contributed by atoms with van der Waals surface area (Å²) in [6, 6.07) is 8.21. The quantitative estimate of drug-likeness (QED) is 0.657. The highest BCUT2D eigenvalue weighted by molar-refractivity contribution is 5.95. The Labute approximate surface area is 111 Å². The molecule has 2 amide bonds. The zero-order chi connectivity index (χ0) is 13.8. The van der Waals surface area contributed by atoms with E-state index in [1.54, 1.807) is 37.3 Å². The van der Waals surface area contributed by atoms with Crippen LogP contribution in [0.4, 0.5) is 0 Å². The van der Waals surface area contributed by atoms with Gasteiger partial charge in [-0.15, -0.1) is 0 Å². The van der Waals surface area contributed by atoms with Crippen molar-refractivity contribution in [1.29, 1.82) is 0 Å². The molecule has 0 saturated heterocycles. The maximum Gasteiger partial charge on any atom is 0.273 e. The smallest absolute Gasteiger partial charge is 0.273 e. The molecule has 5 nitrogen and oxygen atoms in total. The molecule has 0 saturated carbocycles. The molecule has 0 aromatic heterocycles. The second kappa shape index (κ2) is 5.67. The minimum atomic E-state index is -0.784. The average molecular weight is 260 g/mol. The fourth-order valence-electron chi connectivity index (χ4n) is 2.07. The van der Waals surface area contributed by atoms with E-state index in [9.17, 15) is 14.8 Å². The molecule has 0 fully saturated rings. The summed E-state index contributed by atoms with van der Waals surface area (Å²) in [5.41, 5.74) is 0.692. The average Bonchev–Trinajstić information content (AvgIpc) is 2.85. The number of carbonyl (C=O) groups excluding carboxylic acids is 2. The summed E-state index contributed by atoms with van der Waals surface area (Å²) in [4.78, 5) is 25.5. The number of hydrogen-bond donors (Lipinski definition) is 1. The molecule has 0 aliphatic carbocycles. The van der Waals surface area contributed by atoms with E-state index in [2.05, 4.69) is 0 Å². The van der Waals surface area contributed by atoms with Crippen LogP contribution in [-0.4, -0.2) is 40.1 Å². The van der Waals surface area contributed by atoms with Crippen molar-refractivity contribution in [1.82, 2.24) is 9.96 Å². The van der Waals surface area contributed by atoms with Gasteiger partial charge in [0.15, 0.2) is 0 Å². The predicted molar refractivity (Wildman–Crippen MR) is 69.2 cm³/mol. The Bertz CT molecular complexity index is 499. The van der Waals surface area contributed by atoms with Gasteiger partial charge in [-0.25, -0.2) is 5.06 Å². The second-order valence-electron chi connectivity index (χ2n) is 4.26. The Morgan fingerprint density at radius 3 is 2.63 bits per heavy atom. The van der Waals surface area contributed by atoms with E-state index in [0.717, 1.165) is 0 Å². The highest BCUT2D eigenvalue weighted by Crippen LogP contribution is 2.25. The van der Waals surface area contributed by atoms with Gasteiger partial charge < -0.3 is 4.90 Å². The first-order valence-corrected chi connectivity index (χ1v) is 6.17. The third kappa shape index (κ3) is 2.66. The summed E-state index contributed by atoms with van der Waals surface area (Å²) in [5, 5.41) is 10.3. The van der Waals surface area contributed by atoms with Gasteiger partial charge in [0.2, 0.25) is 5.91 Å². The van der Waals surface area contributed by atoms with Crippen LogP contribution in [0.3, 0.4) is 0 Å². The van der Waals surface area contributed by atoms with Gasteiger partial charge in [0, 0.05) is 19.2 Å². The van der Waals surface area contributed by atoms with Gasteiger partial charge >= 0.3 is 0 Å². The van der Waals surface area contributed by atoms with Gasteiger partial charge in [-0.3, -0.25) is 14.8 Å². The van der Waals surface area contributed by atoms with Crippen molar-refractivity contribution in [2.75, 3.05) is 13.1 Å². The lowest BCUT2D eigenvalue weighted by molar-refractivity contribution is -0.172. The molecule has 1 aromatic carbocycles. The van der Waals surface area contributed by atoms with E-state index in [-0.39, 0.29) is 12.5 Å². The van der Waals surface area contributed by atoms with Crippen molar-refractivity contribution in [3.63, 3.8) is 0 Å². The molecule has 1 heterocycles. The molecule has 0 radical (unpaired) electrons. The summed E-state index contributed by atoms with van der Waals surface area (Å²) in [6.07, 6.45) is 3.15. The first kappa shape index (κ1) is 13.3. The van der Waals surface area contributed by atoms with E-state index in [1.165, 1.54) is 11.0 Å². The number of carbonyl (C=O) groups is 2. The normalized spacial score (nSPS) is 15.7. The molecular formula is C14H16N2O3. The molecule has 0 bridgehead atoms. The van der Waals surface area contributed by atoms with E-state index >= 15 is 0 Å². The van der Waals surface area contributed by atoms with E-state index in [0.29, 0.717) is 17.2 Å². The van der Waals surface area contributed by atoms with Crippen LogP contribution in [0.1, 0.15) is 18.5 Å². The summed E-state index contributed by atoms with van der Waals surface area (Å²) < 4.78 is 0. The standard InChI is InChI=1S/C14H16N2O3/c1-2-16(19)14(18)13(11-7-4-3-5-8-11)15-10-6-9-12(15)17/h3-9,13,19H,2,10H2,1H3. The van der Waals surface area contributed by atoms with Crippen molar-refractivity contribution >= 4 is 11.8 Å². The largest absolute Gasteiger partial charge is 0.319 e. The maximum atomic E-state index is 12.3. The summed E-state index contributed by atoms with van der Waals surface area (Å²) in [5.74, 6) is -0.711. The fraction of sp³-hybridized carbons (Fsp3) is 0.286. The van der Waals surface area contributed by atoms with Crippen LogP contribution < -0.4 is 0 Å². The van der Waals surface area contributed by atoms with Crippen LogP contribution in [-0.2, 0) is 9.59 Å². The third-order valence-corrected chi connectivity index (χ3v) is 3.06. The van der Waals surface area contributed by atoms with Crippen molar-refractivity contribution in [2.45, 2.75) is 13.0 Å². The number of hydroxylamine groups is 2. The summed E-state index contributed by atoms with van der Waals surface area (Å²) in [7, 11) is 0. The minimum absolute atomic E-state index is 0.178. The third-order valence-electron chi connectivity index (χ3n) is 3.06. The van der Waals surface area contributed by atoms with Crippen molar-refractivity contribution in [3.8, 4) is 0 Å². The molecular weight excluding hydrogens is 244 g/mol. The van der Waals surface area contributed by atoms with E-state index in [4.69, 9.17) is 0 Å². The minimum Gasteiger partial charge on any atom is -0.319 e. The zero-order valence-electron chi connectivity index (χ0n) is 10.7. The fourth-order valence-corrected chi connectivity index (χ4v) is 2.07. The number of nitrogens with zero attached hydrogens (tertiary/aromatic N) is 2. The molecule has 1 aromatic rings. The molecule has 1 aliphatic rings. The van der Waals surface area contributed by atoms with Gasteiger partial charge in [-0.05, 0) is 12.5 Å². The van der Waals surface area contributed by atoms with Crippen LogP contribution >= 0.6 is 0 Å². The first-order valence-electron chi connectivity index (χ1n) is 6.17. The maximum absolute atomic E-state index is 12.3. The number of likely N-dealkylation sites (N-methyl/N-ethyl adjacent to an activating group) is 1. The lowest BCUT2D eigenvalue weighted by Gasteiger charge is -2.29. The lowest BCUT2D eigenvalue weighted by atomic mass is 10.0. The molecule has 5 heteroatoms. The molecule has 1 unspecified atom stereocenters. The van der Waals surface area contributed by atoms with Crippen LogP contribution in [0.25, 0.3) is 0 Å². The van der Waals surface area contributed by atoms with Crippen molar-refractivity contribution in [2.24, 2.45) is 0 Å². The Morgan fingerprint density at radius 1 is 1.42 bits per heavy atom. The summed E-state index contributed by atoms with van der Waals surface area (Å²) >= 11 is 0. The topological polar surface area (TPSA) is 60.9 Å². The Hall–Kier alpha value is -2.14. The van der Waals surface area contributed by atoms with Crippen LogP contribution in [0.15, 0.2) is 42.5 Å². The van der Waals surface area contributed by atoms with Crippen LogP contribution in [0.5, 0.6) is 0 Å². The highest BCUT2D eigenvalue weighted by atomic mass is 16.5. The zero-order valence-corrected chi connectivity index (χ0v) is 10.7. The predicted octanol–water partition coefficient (Wildman–Crippen LogP) is 1.36. The monoisotopic (exact) mass is 260 g/mol. The van der Waals surface area contributed by atoms with Crippen molar-refractivity contribution in [3.05, 3.63) is 48.0 Å². The van der Waals surface area contributed by atoms with Gasteiger partial charge in [-0.2, -0.15) is 0 Å². The van der Waals surface area contributed by atoms with Gasteiger partial charge in [0.05, 0.1) is 0 Å². The number of amides is 2. The Kier molecular flexibility index (Phi) is 3.97. The van der Waals surface area contributed by atoms with E-state index in [1.807, 2.05) is 6.07 Å². The number of benzene rings is 1. The Balaban J connectivity index is 2.34. The van der Waals surface area contributed by atoms with Crippen LogP contribution in [0.2, 0.25) is 0 Å². The highest BCUT2D eigenvalue weighted by Gasteiger charge is 2.33. The molecule has 2 rings (SSSR count). The van der Waals surface area contributed by atoms with E-state index < -0.39 is 11.9 Å². The van der Waals surface area contributed by atoms with Gasteiger partial charge in [-0.1, -0.05) is 36.4 Å². The number of rotatable bonds is 4. The van der Waals surface area contributed by atoms with Crippen LogP contribution in [0, 0.1) is 0 Å². The SMILES string of the molecule is CCN(O)C(=O)C(c1ccccc1)N1CC=CC1=O. The molecule has 100 valence electrons. The molecule has 1 N–H and O–H groups in total. The first-order chi connectivity index (χ1) is 9.15. The molecule has 1 aliphatic heterocycles. The molecule has 19 heavy (non-hydrogen) atoms. The second-order valence-corrected chi connectivity index (χ2v) is 4.26. The van der Waals surface area contributed by atoms with Crippen molar-refractivity contribution < 1.29 is 14.8 Å². The van der Waals surface area contributed by atoms with Gasteiger partial charge in [0.25, 0.3) is 5.91 Å². The Morgan fingerprint density at radius 2 is 2.11 bits per heavy atom. The lowest BCUT2D eigenvalue weighted by Crippen LogP contribution is -2.42. The number of hydrogen-bond acceptors (Lipinski definition) is 3. The summed E-state index contributed by atoms with van der Waals surface area (Å²) in [6.45, 7) is 2.23. The molecule has 0 spiro atoms. The van der Waals surface area contributed by atoms with Gasteiger partial charge in [0.1, 0.15) is 6.04 Å². The molecule has 1 atom stereocenters.